The van der Waals surface area contributed by atoms with Gasteiger partial charge < -0.3 is 12.4 Å². The quantitative estimate of drug-likeness (QED) is 0.254. The summed E-state index contributed by atoms with van der Waals surface area (Å²) >= 11 is 0. The molecule has 0 unspecified atom stereocenters. The molecule has 1 N–H and O–H groups in total. The van der Waals surface area contributed by atoms with Crippen molar-refractivity contribution in [2.45, 2.75) is 46.6 Å². The molecule has 0 atom stereocenters. The van der Waals surface area contributed by atoms with E-state index in [1.807, 2.05) is 0 Å². The number of hydrogen-bond acceptors (Lipinski definition) is 4. The van der Waals surface area contributed by atoms with Crippen LogP contribution in [0.3, 0.4) is 0 Å². The van der Waals surface area contributed by atoms with Gasteiger partial charge in [-0.25, -0.2) is 42.0 Å². The van der Waals surface area contributed by atoms with Crippen LogP contribution < -0.4 is 17.5 Å². The average Bonchev–Trinajstić information content (AvgIpc) is 2.75. The molecule has 0 aliphatic rings. The van der Waals surface area contributed by atoms with Gasteiger partial charge in [0.1, 0.15) is 0 Å². The first-order chi connectivity index (χ1) is 19.0. The van der Waals surface area contributed by atoms with Gasteiger partial charge >= 0.3 is 7.87 Å². The monoisotopic (exact) mass is 725 g/mol. The SMILES string of the molecule is CN(C)P(=N[P+](N=P(N(C)C)(N(C)C)N(C)C)(N=P(N(C)C)(N(C)C)N(C)C)NC(C)(C)CC(C)(C)C)(N(C)C)N(C)C.[Cl-]. The highest BCUT2D eigenvalue weighted by Crippen LogP contribution is 2.81. The maximum absolute atomic E-state index is 6.07. The normalized spacial score (nSPS) is 14.7. The van der Waals surface area contributed by atoms with Crippen LogP contribution in [-0.2, 0) is 0 Å². The van der Waals surface area contributed by atoms with Crippen molar-refractivity contribution in [3.05, 3.63) is 0 Å². The smallest absolute Gasteiger partial charge is 0.451 e. The maximum Gasteiger partial charge on any atom is 0.451 e. The highest BCUT2D eigenvalue weighted by atomic mass is 35.5. The zero-order chi connectivity index (χ0) is 34.7. The third-order valence-electron chi connectivity index (χ3n) is 6.99. The Morgan fingerprint density at radius 1 is 0.432 bits per heavy atom. The minimum absolute atomic E-state index is 0. The summed E-state index contributed by atoms with van der Waals surface area (Å²) in [7, 11) is 27.8. The van der Waals surface area contributed by atoms with Crippen molar-refractivity contribution in [2.75, 3.05) is 127 Å². The lowest BCUT2D eigenvalue weighted by Crippen LogP contribution is -3.00. The van der Waals surface area contributed by atoms with Crippen molar-refractivity contribution in [3.8, 4) is 0 Å². The van der Waals surface area contributed by atoms with Crippen LogP contribution in [0.15, 0.2) is 13.5 Å². The molecule has 268 valence electrons. The molecular weight excluding hydrogens is 654 g/mol. The number of hydrogen-bond donors (Lipinski definition) is 1. The number of rotatable bonds is 15. The molecule has 0 aliphatic heterocycles. The lowest BCUT2D eigenvalue weighted by molar-refractivity contribution is -0.0000128. The predicted molar refractivity (Wildman–Crippen MR) is 199 cm³/mol. The first-order valence-electron chi connectivity index (χ1n) is 14.7. The van der Waals surface area contributed by atoms with E-state index in [0.717, 1.165) is 6.42 Å². The molecule has 0 heterocycles. The number of halogens is 1. The summed E-state index contributed by atoms with van der Waals surface area (Å²) < 4.78 is 38.6. The Bertz CT molecular complexity index is 870. The van der Waals surface area contributed by atoms with E-state index in [1.165, 1.54) is 0 Å². The molecule has 0 aliphatic carbocycles. The highest BCUT2D eigenvalue weighted by Gasteiger charge is 2.56. The fraction of sp³-hybridized carbons (Fsp3) is 1.00. The van der Waals surface area contributed by atoms with Gasteiger partial charge in [0.05, 0.1) is 5.54 Å². The van der Waals surface area contributed by atoms with Crippen molar-refractivity contribution in [2.24, 2.45) is 19.0 Å². The summed E-state index contributed by atoms with van der Waals surface area (Å²) in [5, 5.41) is 4.18. The second kappa shape index (κ2) is 17.1. The molecule has 0 saturated heterocycles. The molecule has 0 saturated carbocycles. The van der Waals surface area contributed by atoms with Crippen LogP contribution in [0.2, 0.25) is 0 Å². The molecule has 0 bridgehead atoms. The summed E-state index contributed by atoms with van der Waals surface area (Å²) in [4.78, 5) is 0. The van der Waals surface area contributed by atoms with E-state index in [-0.39, 0.29) is 23.4 Å². The highest BCUT2D eigenvalue weighted by molar-refractivity contribution is 7.84. The average molecular weight is 726 g/mol. The molecule has 0 aromatic rings. The van der Waals surface area contributed by atoms with E-state index in [9.17, 15) is 0 Å². The Hall–Kier alpha value is 1.01. The molecule has 0 aromatic carbocycles. The number of nitrogens with one attached hydrogen (secondary N) is 1. The topological polar surface area (TPSA) is 78.3 Å². The van der Waals surface area contributed by atoms with Gasteiger partial charge in [-0.2, -0.15) is 0 Å². The fourth-order valence-electron chi connectivity index (χ4n) is 6.33. The van der Waals surface area contributed by atoms with Crippen molar-refractivity contribution in [1.82, 2.24) is 47.1 Å². The summed E-state index contributed by atoms with van der Waals surface area (Å²) in [6.45, 7) is 11.5. The minimum Gasteiger partial charge on any atom is -1.00 e. The Morgan fingerprint density at radius 3 is 0.750 bits per heavy atom. The van der Waals surface area contributed by atoms with Crippen LogP contribution in [0.1, 0.15) is 41.0 Å². The van der Waals surface area contributed by atoms with Crippen LogP contribution in [-0.4, -0.2) is 174 Å². The molecule has 0 fully saturated rings. The van der Waals surface area contributed by atoms with E-state index in [2.05, 4.69) is 209 Å². The molecule has 13 nitrogen and oxygen atoms in total. The third-order valence-corrected chi connectivity index (χ3v) is 23.4. The largest absolute Gasteiger partial charge is 1.00 e. The van der Waals surface area contributed by atoms with Crippen LogP contribution in [0.4, 0.5) is 0 Å². The Balaban J connectivity index is 0. The van der Waals surface area contributed by atoms with Gasteiger partial charge in [-0.1, -0.05) is 20.8 Å². The lowest BCUT2D eigenvalue weighted by Gasteiger charge is -2.45. The maximum atomic E-state index is 6.07. The first kappa shape index (κ1) is 47.1. The van der Waals surface area contributed by atoms with Gasteiger partial charge in [-0.05, 0) is 166 Å². The molecule has 0 radical (unpaired) electrons. The second-order valence-corrected chi connectivity index (χ2v) is 28.7. The Kier molecular flexibility index (Phi) is 18.3. The Morgan fingerprint density at radius 2 is 0.614 bits per heavy atom. The fourth-order valence-corrected chi connectivity index (χ4v) is 25.4. The summed E-state index contributed by atoms with van der Waals surface area (Å²) in [5.41, 5.74) is -0.249. The molecule has 0 aromatic heterocycles. The lowest BCUT2D eigenvalue weighted by atomic mass is 9.82. The summed E-state index contributed by atoms with van der Waals surface area (Å²) in [6, 6.07) is 0. The van der Waals surface area contributed by atoms with Gasteiger partial charge in [0.25, 0.3) is 0 Å². The van der Waals surface area contributed by atoms with Gasteiger partial charge in [-0.15, -0.1) is 5.09 Å². The molecule has 0 rings (SSSR count). The second-order valence-electron chi connectivity index (χ2n) is 14.8. The van der Waals surface area contributed by atoms with Gasteiger partial charge in [-0.3, -0.25) is 0 Å². The van der Waals surface area contributed by atoms with E-state index in [4.69, 9.17) is 13.5 Å². The minimum atomic E-state index is -3.16. The first-order valence-corrected chi connectivity index (χ1v) is 21.2. The van der Waals surface area contributed by atoms with Crippen molar-refractivity contribution in [3.63, 3.8) is 0 Å². The van der Waals surface area contributed by atoms with E-state index in [0.29, 0.717) is 0 Å². The van der Waals surface area contributed by atoms with E-state index in [1.54, 1.807) is 0 Å². The van der Waals surface area contributed by atoms with Crippen molar-refractivity contribution < 1.29 is 12.4 Å². The van der Waals surface area contributed by atoms with Crippen LogP contribution in [0.5, 0.6) is 0 Å². The molecule has 0 amide bonds. The van der Waals surface area contributed by atoms with E-state index < -0.39 is 30.4 Å². The molecule has 44 heavy (non-hydrogen) atoms. The number of nitrogens with zero attached hydrogens (tertiary/aromatic N) is 12. The predicted octanol–water partition coefficient (Wildman–Crippen LogP) is 3.37. The van der Waals surface area contributed by atoms with Crippen LogP contribution in [0.25, 0.3) is 0 Å². The van der Waals surface area contributed by atoms with Crippen LogP contribution in [0, 0.1) is 5.41 Å². The third kappa shape index (κ3) is 10.5. The van der Waals surface area contributed by atoms with Gasteiger partial charge in [0.2, 0.25) is 22.5 Å². The summed E-state index contributed by atoms with van der Waals surface area (Å²) in [5.74, 6) is 0. The standard InChI is InChI=1S/C26H72N13P4.ClH/c1-25(2,3)24-26(4,5)27-40(28-41(31(6)7,32(8)9)33(10)11,29-42(34(12)13,35(14)15)36(16)17)30-43(37(18)19,38(20)21)39(22)23;/h27H,24H2,1-23H3;1H/q+1;/p-1. The van der Waals surface area contributed by atoms with E-state index >= 15 is 0 Å². The molecular formula is C26H72ClN13P4. The molecule has 0 spiro atoms. The van der Waals surface area contributed by atoms with Crippen molar-refractivity contribution >= 4 is 30.4 Å². The van der Waals surface area contributed by atoms with Gasteiger partial charge in [0.15, 0.2) is 0 Å². The summed E-state index contributed by atoms with van der Waals surface area (Å²) in [6.07, 6.45) is 0.925. The van der Waals surface area contributed by atoms with Crippen LogP contribution >= 0.6 is 30.4 Å². The zero-order valence-corrected chi connectivity index (χ0v) is 37.1. The van der Waals surface area contributed by atoms with Gasteiger partial charge in [0, 0.05) is 0 Å². The van der Waals surface area contributed by atoms with Crippen molar-refractivity contribution in [1.29, 1.82) is 0 Å². The zero-order valence-electron chi connectivity index (χ0n) is 32.7. The Labute approximate surface area is 281 Å². The molecule has 18 heteroatoms.